The average Bonchev–Trinajstić information content (AvgIpc) is 2.84. The van der Waals surface area contributed by atoms with Gasteiger partial charge in [-0.05, 0) is 38.8 Å². The van der Waals surface area contributed by atoms with Crippen molar-refractivity contribution >= 4 is 10.0 Å². The quantitative estimate of drug-likeness (QED) is 0.821. The summed E-state index contributed by atoms with van der Waals surface area (Å²) in [7, 11) is -1.53. The van der Waals surface area contributed by atoms with Crippen molar-refractivity contribution in [1.82, 2.24) is 19.0 Å². The summed E-state index contributed by atoms with van der Waals surface area (Å²) in [5, 5.41) is 4.38. The summed E-state index contributed by atoms with van der Waals surface area (Å²) in [5.41, 5.74) is 4.99. The van der Waals surface area contributed by atoms with Crippen LogP contribution in [-0.4, -0.2) is 53.6 Å². The average molecular weight is 377 g/mol. The van der Waals surface area contributed by atoms with Crippen LogP contribution in [0.1, 0.15) is 27.9 Å². The molecule has 0 atom stereocenters. The van der Waals surface area contributed by atoms with E-state index in [0.29, 0.717) is 18.0 Å². The van der Waals surface area contributed by atoms with Crippen LogP contribution in [0.15, 0.2) is 23.2 Å². The summed E-state index contributed by atoms with van der Waals surface area (Å²) in [6, 6.07) is 3.89. The smallest absolute Gasteiger partial charge is 0.243 e. The molecule has 2 aromatic rings. The van der Waals surface area contributed by atoms with E-state index in [-0.39, 0.29) is 0 Å². The zero-order valence-corrected chi connectivity index (χ0v) is 17.1. The van der Waals surface area contributed by atoms with Crippen molar-refractivity contribution in [3.05, 3.63) is 46.3 Å². The molecule has 0 saturated carbocycles. The van der Waals surface area contributed by atoms with Crippen molar-refractivity contribution in [2.24, 2.45) is 7.05 Å². The number of aryl methyl sites for hydroxylation is 5. The third-order valence-electron chi connectivity index (χ3n) is 5.04. The molecule has 1 aromatic carbocycles. The molecule has 26 heavy (non-hydrogen) atoms. The summed E-state index contributed by atoms with van der Waals surface area (Å²) in [6.07, 6.45) is 2.04. The lowest BCUT2D eigenvalue weighted by Crippen LogP contribution is -2.48. The Balaban J connectivity index is 1.72. The molecule has 1 fully saturated rings. The summed E-state index contributed by atoms with van der Waals surface area (Å²) >= 11 is 0. The summed E-state index contributed by atoms with van der Waals surface area (Å²) < 4.78 is 29.8. The molecule has 1 saturated heterocycles. The van der Waals surface area contributed by atoms with E-state index in [0.717, 1.165) is 42.0 Å². The second-order valence-corrected chi connectivity index (χ2v) is 9.20. The van der Waals surface area contributed by atoms with Gasteiger partial charge in [-0.2, -0.15) is 9.40 Å². The fraction of sp³-hybridized carbons (Fsp3) is 0.526. The minimum absolute atomic E-state index is 0.472. The van der Waals surface area contributed by atoms with Crippen molar-refractivity contribution in [3.8, 4) is 0 Å². The van der Waals surface area contributed by atoms with Crippen molar-refractivity contribution in [2.45, 2.75) is 39.1 Å². The molecule has 142 valence electrons. The number of piperazine rings is 1. The Kier molecular flexibility index (Phi) is 5.23. The number of sulfonamides is 1. The molecule has 0 aliphatic carbocycles. The van der Waals surface area contributed by atoms with Crippen molar-refractivity contribution in [2.75, 3.05) is 26.2 Å². The van der Waals surface area contributed by atoms with Crippen LogP contribution in [0.2, 0.25) is 0 Å². The van der Waals surface area contributed by atoms with Crippen LogP contribution in [0.4, 0.5) is 0 Å². The monoisotopic (exact) mass is 376 g/mol. The Hall–Kier alpha value is -1.70. The maximum absolute atomic E-state index is 13.2. The number of rotatable bonds is 4. The first kappa shape index (κ1) is 19.1. The molecule has 0 N–H and O–H groups in total. The first-order valence-electron chi connectivity index (χ1n) is 8.98. The van der Waals surface area contributed by atoms with Gasteiger partial charge < -0.3 is 0 Å². The topological polar surface area (TPSA) is 58.4 Å². The van der Waals surface area contributed by atoms with Crippen molar-refractivity contribution in [1.29, 1.82) is 0 Å². The number of hydrogen-bond donors (Lipinski definition) is 0. The van der Waals surface area contributed by atoms with Crippen LogP contribution in [0, 0.1) is 27.7 Å². The largest absolute Gasteiger partial charge is 0.296 e. The number of benzene rings is 1. The predicted octanol–water partition coefficient (Wildman–Crippen LogP) is 2.16. The fourth-order valence-electron chi connectivity index (χ4n) is 3.88. The van der Waals surface area contributed by atoms with E-state index in [1.807, 2.05) is 57.8 Å². The van der Waals surface area contributed by atoms with E-state index >= 15 is 0 Å². The lowest BCUT2D eigenvalue weighted by Gasteiger charge is -2.34. The van der Waals surface area contributed by atoms with Crippen LogP contribution < -0.4 is 0 Å². The lowest BCUT2D eigenvalue weighted by atomic mass is 10.1. The highest BCUT2D eigenvalue weighted by Crippen LogP contribution is 2.26. The maximum atomic E-state index is 13.2. The molecule has 1 aliphatic rings. The Bertz CT molecular complexity index is 887. The zero-order valence-electron chi connectivity index (χ0n) is 16.3. The van der Waals surface area contributed by atoms with Gasteiger partial charge in [0.05, 0.1) is 10.6 Å². The molecule has 6 nitrogen and oxygen atoms in total. The van der Waals surface area contributed by atoms with Crippen LogP contribution >= 0.6 is 0 Å². The lowest BCUT2D eigenvalue weighted by molar-refractivity contribution is 0.181. The number of nitrogens with zero attached hydrogens (tertiary/aromatic N) is 4. The van der Waals surface area contributed by atoms with E-state index in [4.69, 9.17) is 0 Å². The highest BCUT2D eigenvalue weighted by molar-refractivity contribution is 7.89. The van der Waals surface area contributed by atoms with Crippen LogP contribution in [0.3, 0.4) is 0 Å². The first-order valence-corrected chi connectivity index (χ1v) is 10.4. The Morgan fingerprint density at radius 3 is 2.08 bits per heavy atom. The van der Waals surface area contributed by atoms with Gasteiger partial charge in [0.15, 0.2) is 0 Å². The van der Waals surface area contributed by atoms with Gasteiger partial charge in [0.1, 0.15) is 0 Å². The van der Waals surface area contributed by atoms with Crippen LogP contribution in [0.5, 0.6) is 0 Å². The molecular weight excluding hydrogens is 348 g/mol. The molecule has 0 radical (unpaired) electrons. The molecular formula is C19H28N4O2S. The third kappa shape index (κ3) is 3.70. The van der Waals surface area contributed by atoms with Gasteiger partial charge in [0.25, 0.3) is 0 Å². The molecule has 2 heterocycles. The zero-order chi connectivity index (χ0) is 19.1. The Morgan fingerprint density at radius 2 is 1.58 bits per heavy atom. The summed E-state index contributed by atoms with van der Waals surface area (Å²) in [4.78, 5) is 2.77. The van der Waals surface area contributed by atoms with Crippen LogP contribution in [0.25, 0.3) is 0 Å². The molecule has 1 aliphatic heterocycles. The first-order chi connectivity index (χ1) is 12.2. The third-order valence-corrected chi connectivity index (χ3v) is 7.25. The fourth-order valence-corrected chi connectivity index (χ4v) is 5.71. The molecule has 0 amide bonds. The molecule has 0 bridgehead atoms. The van der Waals surface area contributed by atoms with Gasteiger partial charge in [-0.1, -0.05) is 17.7 Å². The Labute approximate surface area is 156 Å². The number of aromatic nitrogens is 2. The van der Waals surface area contributed by atoms with Crippen LogP contribution in [-0.2, 0) is 23.6 Å². The SMILES string of the molecule is Cc1cc(C)c(S(=O)(=O)N2CCN(Cc3cn(C)nc3C)CC2)c(C)c1. The van der Waals surface area contributed by atoms with Crippen molar-refractivity contribution < 1.29 is 8.42 Å². The van der Waals surface area contributed by atoms with Gasteiger partial charge in [-0.15, -0.1) is 0 Å². The standard InChI is InChI=1S/C19H28N4O2S/c1-14-10-15(2)19(16(3)11-14)26(24,25)23-8-6-22(7-9-23)13-18-12-21(5)20-17(18)4/h10-12H,6-9,13H2,1-5H3. The van der Waals surface area contributed by atoms with E-state index in [1.165, 1.54) is 5.56 Å². The second kappa shape index (κ2) is 7.13. The number of hydrogen-bond acceptors (Lipinski definition) is 4. The second-order valence-electron chi connectivity index (χ2n) is 7.32. The van der Waals surface area contributed by atoms with E-state index in [1.54, 1.807) is 4.31 Å². The van der Waals surface area contributed by atoms with Gasteiger partial charge in [0, 0.05) is 51.5 Å². The van der Waals surface area contributed by atoms with Gasteiger partial charge >= 0.3 is 0 Å². The van der Waals surface area contributed by atoms with E-state index < -0.39 is 10.0 Å². The maximum Gasteiger partial charge on any atom is 0.243 e. The molecule has 0 spiro atoms. The van der Waals surface area contributed by atoms with Crippen molar-refractivity contribution in [3.63, 3.8) is 0 Å². The molecule has 3 rings (SSSR count). The van der Waals surface area contributed by atoms with E-state index in [9.17, 15) is 8.42 Å². The summed E-state index contributed by atoms with van der Waals surface area (Å²) in [6.45, 7) is 11.1. The summed E-state index contributed by atoms with van der Waals surface area (Å²) in [5.74, 6) is 0. The highest BCUT2D eigenvalue weighted by atomic mass is 32.2. The van der Waals surface area contributed by atoms with Gasteiger partial charge in [-0.3, -0.25) is 9.58 Å². The molecule has 0 unspecified atom stereocenters. The predicted molar refractivity (Wildman–Crippen MR) is 103 cm³/mol. The minimum Gasteiger partial charge on any atom is -0.296 e. The van der Waals surface area contributed by atoms with Gasteiger partial charge in [-0.25, -0.2) is 8.42 Å². The highest BCUT2D eigenvalue weighted by Gasteiger charge is 2.31. The Morgan fingerprint density at radius 1 is 1.00 bits per heavy atom. The molecule has 1 aromatic heterocycles. The van der Waals surface area contributed by atoms with Gasteiger partial charge in [0.2, 0.25) is 10.0 Å². The minimum atomic E-state index is -3.45. The normalized spacial score (nSPS) is 17.0. The van der Waals surface area contributed by atoms with E-state index in [2.05, 4.69) is 10.00 Å². The molecule has 7 heteroatoms.